The number of fused-ring (bicyclic) bond motifs is 5. The number of aryl methyl sites for hydroxylation is 1. The van der Waals surface area contributed by atoms with Crippen LogP contribution >= 0.6 is 0 Å². The van der Waals surface area contributed by atoms with Crippen molar-refractivity contribution in [3.05, 3.63) is 58.9 Å². The lowest BCUT2D eigenvalue weighted by atomic mass is 9.77. The van der Waals surface area contributed by atoms with Crippen LogP contribution in [0.15, 0.2) is 41.0 Å². The molecule has 0 saturated carbocycles. The molecular weight excluding hydrogens is 374 g/mol. The summed E-state index contributed by atoms with van der Waals surface area (Å²) >= 11 is 0. The van der Waals surface area contributed by atoms with E-state index in [2.05, 4.69) is 10.3 Å². The maximum atomic E-state index is 13.8. The van der Waals surface area contributed by atoms with E-state index in [0.717, 1.165) is 16.8 Å². The summed E-state index contributed by atoms with van der Waals surface area (Å²) in [5, 5.41) is 7.79. The molecule has 1 aromatic heterocycles. The largest absolute Gasteiger partial charge is 0.491 e. The van der Waals surface area contributed by atoms with Crippen molar-refractivity contribution < 1.29 is 23.6 Å². The molecule has 8 heteroatoms. The Labute approximate surface area is 165 Å². The Hall–Kier alpha value is -3.55. The first kappa shape index (κ1) is 16.4. The van der Waals surface area contributed by atoms with Gasteiger partial charge in [0.05, 0.1) is 6.54 Å². The molecule has 1 unspecified atom stereocenters. The second kappa shape index (κ2) is 5.73. The predicted octanol–water partition coefficient (Wildman–Crippen LogP) is 2.37. The van der Waals surface area contributed by atoms with E-state index in [1.165, 1.54) is 0 Å². The maximum absolute atomic E-state index is 13.8. The number of ether oxygens (including phenoxy) is 3. The third kappa shape index (κ3) is 2.11. The van der Waals surface area contributed by atoms with Gasteiger partial charge in [0.1, 0.15) is 42.4 Å². The molecular formula is C21H17N3O5. The van der Waals surface area contributed by atoms with Gasteiger partial charge < -0.3 is 19.1 Å². The Kier molecular flexibility index (Phi) is 3.24. The molecule has 3 aromatic rings. The van der Waals surface area contributed by atoms with Gasteiger partial charge in [-0.2, -0.15) is 0 Å². The van der Waals surface area contributed by atoms with Gasteiger partial charge in [-0.3, -0.25) is 4.79 Å². The number of benzene rings is 2. The Bertz CT molecular complexity index is 1160. The molecule has 29 heavy (non-hydrogen) atoms. The lowest BCUT2D eigenvalue weighted by Crippen LogP contribution is -2.42. The van der Waals surface area contributed by atoms with Crippen molar-refractivity contribution in [1.29, 1.82) is 0 Å². The fraction of sp³-hybridized carbons (Fsp3) is 0.286. The van der Waals surface area contributed by atoms with Gasteiger partial charge in [0.2, 0.25) is 5.91 Å². The van der Waals surface area contributed by atoms with E-state index in [1.54, 1.807) is 4.90 Å². The highest BCUT2D eigenvalue weighted by molar-refractivity contribution is 6.11. The van der Waals surface area contributed by atoms with Crippen molar-refractivity contribution in [2.75, 3.05) is 24.7 Å². The maximum Gasteiger partial charge on any atom is 0.246 e. The Morgan fingerprint density at radius 2 is 1.79 bits per heavy atom. The minimum atomic E-state index is -0.924. The smallest absolute Gasteiger partial charge is 0.246 e. The van der Waals surface area contributed by atoms with Gasteiger partial charge in [0.15, 0.2) is 11.5 Å². The molecule has 1 atom stereocenters. The van der Waals surface area contributed by atoms with Crippen LogP contribution in [0.5, 0.6) is 17.2 Å². The first-order valence-electron chi connectivity index (χ1n) is 9.45. The van der Waals surface area contributed by atoms with Gasteiger partial charge in [-0.05, 0) is 24.6 Å². The van der Waals surface area contributed by atoms with Gasteiger partial charge in [0, 0.05) is 17.3 Å². The number of hydrogen-bond donors (Lipinski definition) is 0. The van der Waals surface area contributed by atoms with E-state index in [-0.39, 0.29) is 19.1 Å². The van der Waals surface area contributed by atoms with Crippen LogP contribution in [-0.4, -0.2) is 36.0 Å². The highest BCUT2D eigenvalue weighted by Crippen LogP contribution is 2.54. The molecule has 8 nitrogen and oxygen atoms in total. The molecule has 0 aliphatic carbocycles. The molecule has 0 saturated heterocycles. The summed E-state index contributed by atoms with van der Waals surface area (Å²) in [6.45, 7) is 3.30. The monoisotopic (exact) mass is 391 g/mol. The number of carbonyl (C=O) groups excluding carboxylic acids is 1. The first-order chi connectivity index (χ1) is 14.2. The topological polar surface area (TPSA) is 86.9 Å². The standard InChI is InChI=1S/C21H17N3O5/c1-12-15(23-29-22-12)10-24-16-5-3-2-4-13(16)21(20(24)25)11-28-17-9-19-18(8-14(17)21)26-6-7-27-19/h2-5,8-9H,6-7,10-11H2,1H3. The number of amides is 1. The third-order valence-electron chi connectivity index (χ3n) is 5.87. The van der Waals surface area contributed by atoms with E-state index in [9.17, 15) is 4.79 Å². The number of para-hydroxylation sites is 1. The summed E-state index contributed by atoms with van der Waals surface area (Å²) in [7, 11) is 0. The predicted molar refractivity (Wildman–Crippen MR) is 100 cm³/mol. The minimum Gasteiger partial charge on any atom is -0.491 e. The zero-order valence-corrected chi connectivity index (χ0v) is 15.7. The number of rotatable bonds is 2. The van der Waals surface area contributed by atoms with Crippen LogP contribution in [0.3, 0.4) is 0 Å². The van der Waals surface area contributed by atoms with Crippen molar-refractivity contribution >= 4 is 11.6 Å². The summed E-state index contributed by atoms with van der Waals surface area (Å²) < 4.78 is 22.3. The lowest BCUT2D eigenvalue weighted by Gasteiger charge is -2.24. The first-order valence-corrected chi connectivity index (χ1v) is 9.45. The summed E-state index contributed by atoms with van der Waals surface area (Å²) in [5.74, 6) is 1.88. The molecule has 3 aliphatic rings. The second-order valence-electron chi connectivity index (χ2n) is 7.39. The van der Waals surface area contributed by atoms with Crippen molar-refractivity contribution in [3.8, 4) is 17.2 Å². The summed E-state index contributed by atoms with van der Waals surface area (Å²) in [4.78, 5) is 15.6. The molecule has 0 N–H and O–H groups in total. The average Bonchev–Trinajstić information content (AvgIpc) is 3.39. The van der Waals surface area contributed by atoms with Gasteiger partial charge in [-0.25, -0.2) is 4.63 Å². The van der Waals surface area contributed by atoms with E-state index in [0.29, 0.717) is 41.9 Å². The summed E-state index contributed by atoms with van der Waals surface area (Å²) in [5.41, 5.74) is 2.93. The zero-order valence-electron chi connectivity index (χ0n) is 15.7. The second-order valence-corrected chi connectivity index (χ2v) is 7.39. The van der Waals surface area contributed by atoms with Crippen molar-refractivity contribution in [2.24, 2.45) is 0 Å². The normalized spacial score (nSPS) is 21.3. The molecule has 2 aromatic carbocycles. The van der Waals surface area contributed by atoms with Crippen LogP contribution in [0.1, 0.15) is 22.5 Å². The SMILES string of the molecule is Cc1nonc1CN1C(=O)C2(COc3cc4c(cc32)OCCO4)c2ccccc21. The minimum absolute atomic E-state index is 0.0588. The van der Waals surface area contributed by atoms with Gasteiger partial charge >= 0.3 is 0 Å². The van der Waals surface area contributed by atoms with Crippen LogP contribution in [0, 0.1) is 6.92 Å². The Morgan fingerprint density at radius 3 is 2.59 bits per heavy atom. The molecule has 6 rings (SSSR count). The van der Waals surface area contributed by atoms with Crippen molar-refractivity contribution in [1.82, 2.24) is 10.3 Å². The number of hydrogen-bond acceptors (Lipinski definition) is 7. The van der Waals surface area contributed by atoms with E-state index in [1.807, 2.05) is 43.3 Å². The third-order valence-corrected chi connectivity index (χ3v) is 5.87. The number of carbonyl (C=O) groups is 1. The summed E-state index contributed by atoms with van der Waals surface area (Å²) in [6.07, 6.45) is 0. The molecule has 0 bridgehead atoms. The van der Waals surface area contributed by atoms with E-state index < -0.39 is 5.41 Å². The van der Waals surface area contributed by atoms with Gasteiger partial charge in [-0.15, -0.1) is 0 Å². The lowest BCUT2D eigenvalue weighted by molar-refractivity contribution is -0.122. The van der Waals surface area contributed by atoms with Crippen LogP contribution in [0.4, 0.5) is 5.69 Å². The Morgan fingerprint density at radius 1 is 1.00 bits per heavy atom. The molecule has 0 fully saturated rings. The van der Waals surface area contributed by atoms with Crippen molar-refractivity contribution in [2.45, 2.75) is 18.9 Å². The Balaban J connectivity index is 1.51. The van der Waals surface area contributed by atoms with E-state index >= 15 is 0 Å². The molecule has 146 valence electrons. The molecule has 3 aliphatic heterocycles. The van der Waals surface area contributed by atoms with Crippen LogP contribution in [-0.2, 0) is 16.8 Å². The quantitative estimate of drug-likeness (QED) is 0.663. The molecule has 0 radical (unpaired) electrons. The van der Waals surface area contributed by atoms with Crippen LogP contribution in [0.2, 0.25) is 0 Å². The number of anilines is 1. The fourth-order valence-electron chi connectivity index (χ4n) is 4.41. The van der Waals surface area contributed by atoms with E-state index in [4.69, 9.17) is 18.8 Å². The molecule has 4 heterocycles. The van der Waals surface area contributed by atoms with Crippen LogP contribution < -0.4 is 19.1 Å². The zero-order chi connectivity index (χ0) is 19.6. The number of nitrogens with zero attached hydrogens (tertiary/aromatic N) is 3. The fourth-order valence-corrected chi connectivity index (χ4v) is 4.41. The number of aromatic nitrogens is 2. The highest BCUT2D eigenvalue weighted by atomic mass is 16.6. The van der Waals surface area contributed by atoms with Crippen molar-refractivity contribution in [3.63, 3.8) is 0 Å². The van der Waals surface area contributed by atoms with Gasteiger partial charge in [0.25, 0.3) is 0 Å². The van der Waals surface area contributed by atoms with Crippen LogP contribution in [0.25, 0.3) is 0 Å². The summed E-state index contributed by atoms with van der Waals surface area (Å²) in [6, 6.07) is 11.5. The average molecular weight is 391 g/mol. The molecule has 1 amide bonds. The van der Waals surface area contributed by atoms with Gasteiger partial charge in [-0.1, -0.05) is 28.5 Å². The molecule has 1 spiro atoms. The highest BCUT2D eigenvalue weighted by Gasteiger charge is 2.57.